The van der Waals surface area contributed by atoms with E-state index in [-0.39, 0.29) is 5.91 Å². The first kappa shape index (κ1) is 21.7. The number of ether oxygens (including phenoxy) is 2. The van der Waals surface area contributed by atoms with Gasteiger partial charge in [-0.15, -0.1) is 0 Å². The van der Waals surface area contributed by atoms with Gasteiger partial charge in [0.1, 0.15) is 11.4 Å². The zero-order chi connectivity index (χ0) is 19.5. The second-order valence-corrected chi connectivity index (χ2v) is 7.56. The summed E-state index contributed by atoms with van der Waals surface area (Å²) in [6, 6.07) is 7.60. The molecule has 0 bridgehead atoms. The largest absolute Gasteiger partial charge is 0.494 e. The predicted octanol–water partition coefficient (Wildman–Crippen LogP) is 4.48. The standard InChI is InChI=1S/C22H36N2O3/c1-4-13-22(3,27-17-5-2)21(25)23-19-9-11-20(12-10-19)26-18-8-16-24-14-6-7-15-24/h9-12H,4-8,13-18H2,1-3H3,(H,23,25). The number of nitrogens with one attached hydrogen (secondary N) is 1. The van der Waals surface area contributed by atoms with Gasteiger partial charge >= 0.3 is 0 Å². The van der Waals surface area contributed by atoms with E-state index in [2.05, 4.69) is 17.1 Å². The van der Waals surface area contributed by atoms with Crippen LogP contribution in [0.15, 0.2) is 24.3 Å². The highest BCUT2D eigenvalue weighted by molar-refractivity contribution is 5.97. The summed E-state index contributed by atoms with van der Waals surface area (Å²) in [5, 5.41) is 2.98. The minimum atomic E-state index is -0.782. The maximum atomic E-state index is 12.7. The molecule has 1 aliphatic heterocycles. The molecule has 5 heteroatoms. The van der Waals surface area contributed by atoms with Gasteiger partial charge in [0.15, 0.2) is 0 Å². The minimum absolute atomic E-state index is 0.0860. The fraction of sp³-hybridized carbons (Fsp3) is 0.682. The van der Waals surface area contributed by atoms with E-state index in [1.165, 1.54) is 25.9 Å². The fourth-order valence-corrected chi connectivity index (χ4v) is 3.44. The van der Waals surface area contributed by atoms with Crippen LogP contribution in [0.25, 0.3) is 0 Å². The number of hydrogen-bond donors (Lipinski definition) is 1. The normalized spacial score (nSPS) is 16.9. The van der Waals surface area contributed by atoms with Crippen LogP contribution in [0.4, 0.5) is 5.69 Å². The topological polar surface area (TPSA) is 50.8 Å². The van der Waals surface area contributed by atoms with Gasteiger partial charge in [-0.2, -0.15) is 0 Å². The quantitative estimate of drug-likeness (QED) is 0.547. The molecule has 1 fully saturated rings. The molecule has 5 nitrogen and oxygen atoms in total. The molecule has 2 rings (SSSR count). The van der Waals surface area contributed by atoms with Gasteiger partial charge in [-0.05, 0) is 76.4 Å². The molecule has 1 saturated heterocycles. The maximum absolute atomic E-state index is 12.7. The van der Waals surface area contributed by atoms with Crippen LogP contribution in [0.3, 0.4) is 0 Å². The van der Waals surface area contributed by atoms with Gasteiger partial charge in [-0.3, -0.25) is 4.79 Å². The molecule has 1 N–H and O–H groups in total. The number of anilines is 1. The van der Waals surface area contributed by atoms with E-state index in [9.17, 15) is 4.79 Å². The lowest BCUT2D eigenvalue weighted by Gasteiger charge is -2.28. The van der Waals surface area contributed by atoms with Crippen molar-refractivity contribution in [3.8, 4) is 5.75 Å². The molecule has 27 heavy (non-hydrogen) atoms. The van der Waals surface area contributed by atoms with E-state index in [4.69, 9.17) is 9.47 Å². The van der Waals surface area contributed by atoms with Gasteiger partial charge in [0, 0.05) is 18.8 Å². The van der Waals surface area contributed by atoms with Gasteiger partial charge in [0.25, 0.3) is 5.91 Å². The summed E-state index contributed by atoms with van der Waals surface area (Å²) >= 11 is 0. The molecule has 0 radical (unpaired) electrons. The SMILES string of the molecule is CCCOC(C)(CCC)C(=O)Nc1ccc(OCCCN2CCCC2)cc1. The number of carbonyl (C=O) groups is 1. The third-order valence-corrected chi connectivity index (χ3v) is 5.03. The van der Waals surface area contributed by atoms with Crippen LogP contribution in [0.2, 0.25) is 0 Å². The molecular formula is C22H36N2O3. The van der Waals surface area contributed by atoms with Gasteiger partial charge in [-0.25, -0.2) is 0 Å². The molecule has 1 aliphatic rings. The smallest absolute Gasteiger partial charge is 0.256 e. The third kappa shape index (κ3) is 7.15. The molecule has 0 aliphatic carbocycles. The Bertz CT molecular complexity index is 555. The molecule has 1 atom stereocenters. The second-order valence-electron chi connectivity index (χ2n) is 7.56. The lowest BCUT2D eigenvalue weighted by atomic mass is 9.99. The zero-order valence-electron chi connectivity index (χ0n) is 17.3. The molecule has 1 amide bonds. The lowest BCUT2D eigenvalue weighted by Crippen LogP contribution is -2.43. The molecule has 0 saturated carbocycles. The molecule has 0 aromatic heterocycles. The van der Waals surface area contributed by atoms with Crippen LogP contribution in [-0.4, -0.2) is 49.3 Å². The predicted molar refractivity (Wildman–Crippen MR) is 110 cm³/mol. The molecule has 1 aromatic carbocycles. The number of nitrogens with zero attached hydrogens (tertiary/aromatic N) is 1. The van der Waals surface area contributed by atoms with Crippen molar-refractivity contribution in [1.29, 1.82) is 0 Å². The van der Waals surface area contributed by atoms with E-state index in [1.54, 1.807) is 0 Å². The van der Waals surface area contributed by atoms with Crippen LogP contribution in [0.5, 0.6) is 5.75 Å². The first-order valence-corrected chi connectivity index (χ1v) is 10.5. The Balaban J connectivity index is 1.78. The van der Waals surface area contributed by atoms with Crippen LogP contribution in [0, 0.1) is 0 Å². The maximum Gasteiger partial charge on any atom is 0.256 e. The van der Waals surface area contributed by atoms with Crippen molar-refractivity contribution in [3.05, 3.63) is 24.3 Å². The van der Waals surface area contributed by atoms with E-state index < -0.39 is 5.60 Å². The number of amides is 1. The number of hydrogen-bond acceptors (Lipinski definition) is 4. The molecular weight excluding hydrogens is 340 g/mol. The minimum Gasteiger partial charge on any atom is -0.494 e. The van der Waals surface area contributed by atoms with Crippen LogP contribution >= 0.6 is 0 Å². The number of benzene rings is 1. The number of rotatable bonds is 12. The van der Waals surface area contributed by atoms with Crippen molar-refractivity contribution in [2.24, 2.45) is 0 Å². The van der Waals surface area contributed by atoms with Crippen molar-refractivity contribution in [2.75, 3.05) is 38.2 Å². The summed E-state index contributed by atoms with van der Waals surface area (Å²) in [6.45, 7) is 10.9. The number of carbonyl (C=O) groups excluding carboxylic acids is 1. The highest BCUT2D eigenvalue weighted by Crippen LogP contribution is 2.22. The van der Waals surface area contributed by atoms with Crippen molar-refractivity contribution < 1.29 is 14.3 Å². The fourth-order valence-electron chi connectivity index (χ4n) is 3.44. The number of likely N-dealkylation sites (tertiary alicyclic amines) is 1. The summed E-state index contributed by atoms with van der Waals surface area (Å²) in [7, 11) is 0. The summed E-state index contributed by atoms with van der Waals surface area (Å²) in [6.07, 6.45) is 6.21. The summed E-state index contributed by atoms with van der Waals surface area (Å²) < 4.78 is 11.7. The summed E-state index contributed by atoms with van der Waals surface area (Å²) in [4.78, 5) is 15.2. The van der Waals surface area contributed by atoms with E-state index in [1.807, 2.05) is 38.1 Å². The Morgan fingerprint density at radius 2 is 1.81 bits per heavy atom. The molecule has 1 heterocycles. The molecule has 152 valence electrons. The van der Waals surface area contributed by atoms with Crippen LogP contribution < -0.4 is 10.1 Å². The Morgan fingerprint density at radius 3 is 2.44 bits per heavy atom. The highest BCUT2D eigenvalue weighted by atomic mass is 16.5. The Kier molecular flexibility index (Phi) is 9.08. The zero-order valence-corrected chi connectivity index (χ0v) is 17.3. The van der Waals surface area contributed by atoms with Crippen molar-refractivity contribution >= 4 is 11.6 Å². The van der Waals surface area contributed by atoms with Crippen molar-refractivity contribution in [3.63, 3.8) is 0 Å². The summed E-state index contributed by atoms with van der Waals surface area (Å²) in [5.41, 5.74) is -0.0120. The lowest BCUT2D eigenvalue weighted by molar-refractivity contribution is -0.140. The van der Waals surface area contributed by atoms with E-state index in [0.29, 0.717) is 13.0 Å². The third-order valence-electron chi connectivity index (χ3n) is 5.03. The molecule has 1 aromatic rings. The average molecular weight is 377 g/mol. The molecule has 1 unspecified atom stereocenters. The van der Waals surface area contributed by atoms with Gasteiger partial charge in [0.2, 0.25) is 0 Å². The van der Waals surface area contributed by atoms with Crippen LogP contribution in [-0.2, 0) is 9.53 Å². The monoisotopic (exact) mass is 376 g/mol. The van der Waals surface area contributed by atoms with Crippen LogP contribution in [0.1, 0.15) is 59.3 Å². The van der Waals surface area contributed by atoms with Gasteiger partial charge in [-0.1, -0.05) is 20.3 Å². The Labute approximate surface area is 164 Å². The Morgan fingerprint density at radius 1 is 1.11 bits per heavy atom. The van der Waals surface area contributed by atoms with Gasteiger partial charge < -0.3 is 19.7 Å². The summed E-state index contributed by atoms with van der Waals surface area (Å²) in [5.74, 6) is 0.755. The van der Waals surface area contributed by atoms with E-state index in [0.717, 1.165) is 43.9 Å². The van der Waals surface area contributed by atoms with Gasteiger partial charge in [0.05, 0.1) is 6.61 Å². The van der Waals surface area contributed by atoms with Crippen molar-refractivity contribution in [2.45, 2.75) is 64.9 Å². The van der Waals surface area contributed by atoms with E-state index >= 15 is 0 Å². The second kappa shape index (κ2) is 11.3. The average Bonchev–Trinajstić information content (AvgIpc) is 3.18. The van der Waals surface area contributed by atoms with Crippen molar-refractivity contribution in [1.82, 2.24) is 4.90 Å². The highest BCUT2D eigenvalue weighted by Gasteiger charge is 2.33. The first-order valence-electron chi connectivity index (χ1n) is 10.5. The molecule has 0 spiro atoms. The Hall–Kier alpha value is -1.59. The first-order chi connectivity index (χ1) is 13.1.